The number of nitrogens with one attached hydrogen (secondary N) is 1. The fraction of sp³-hybridized carbons (Fsp3) is 0.400. The van der Waals surface area contributed by atoms with Crippen molar-refractivity contribution in [3.8, 4) is 0 Å². The molecule has 3 nitrogen and oxygen atoms in total. The quantitative estimate of drug-likeness (QED) is 0.822. The second kappa shape index (κ2) is 6.24. The topological polar surface area (TPSA) is 49.3 Å². The van der Waals surface area contributed by atoms with Crippen molar-refractivity contribution in [2.45, 2.75) is 38.6 Å². The van der Waals surface area contributed by atoms with Crippen molar-refractivity contribution >= 4 is 27.6 Å². The Labute approximate surface area is 121 Å². The molecule has 0 aromatic heterocycles. The Balaban J connectivity index is 1.94. The zero-order valence-corrected chi connectivity index (χ0v) is 12.5. The molecule has 102 valence electrons. The molecule has 1 saturated carbocycles. The Morgan fingerprint density at radius 1 is 1.42 bits per heavy atom. The van der Waals surface area contributed by atoms with Gasteiger partial charge in [-0.05, 0) is 56.4 Å². The Morgan fingerprint density at radius 2 is 2.11 bits per heavy atom. The fourth-order valence-corrected chi connectivity index (χ4v) is 2.94. The summed E-state index contributed by atoms with van der Waals surface area (Å²) in [4.78, 5) is 10.6. The van der Waals surface area contributed by atoms with Crippen LogP contribution in [-0.2, 0) is 4.79 Å². The van der Waals surface area contributed by atoms with Crippen LogP contribution in [0.4, 0.5) is 5.69 Å². The van der Waals surface area contributed by atoms with Gasteiger partial charge in [-0.15, -0.1) is 0 Å². The summed E-state index contributed by atoms with van der Waals surface area (Å²) in [6.45, 7) is 2.09. The largest absolute Gasteiger partial charge is 0.478 e. The molecule has 0 bridgehead atoms. The highest BCUT2D eigenvalue weighted by atomic mass is 79.9. The maximum Gasteiger partial charge on any atom is 0.328 e. The molecule has 0 saturated heterocycles. The Hall–Kier alpha value is -1.29. The van der Waals surface area contributed by atoms with Gasteiger partial charge >= 0.3 is 5.97 Å². The van der Waals surface area contributed by atoms with Crippen LogP contribution in [-0.4, -0.2) is 17.1 Å². The van der Waals surface area contributed by atoms with E-state index in [9.17, 15) is 4.79 Å². The molecule has 1 aromatic rings. The summed E-state index contributed by atoms with van der Waals surface area (Å²) in [5, 5.41) is 12.3. The van der Waals surface area contributed by atoms with E-state index < -0.39 is 5.97 Å². The average Bonchev–Trinajstić information content (AvgIpc) is 2.34. The minimum absolute atomic E-state index is 0.436. The third-order valence-electron chi connectivity index (χ3n) is 3.50. The van der Waals surface area contributed by atoms with Crippen molar-refractivity contribution in [3.63, 3.8) is 0 Å². The standard InChI is InChI=1S/C15H18BrNO2/c1-10-8-12(16)4-7-14(10)17-13-5-2-11(3-6-13)9-15(18)19/h4,7-9,13,17H,2-3,5-6H2,1H3,(H,18,19). The highest BCUT2D eigenvalue weighted by Crippen LogP contribution is 2.28. The number of aryl methyl sites for hydroxylation is 1. The smallest absolute Gasteiger partial charge is 0.328 e. The third kappa shape index (κ3) is 4.10. The van der Waals surface area contributed by atoms with E-state index in [1.807, 2.05) is 6.07 Å². The van der Waals surface area contributed by atoms with E-state index in [0.29, 0.717) is 6.04 Å². The van der Waals surface area contributed by atoms with Crippen LogP contribution in [0.5, 0.6) is 0 Å². The van der Waals surface area contributed by atoms with Gasteiger partial charge in [0, 0.05) is 22.3 Å². The number of hydrogen-bond donors (Lipinski definition) is 2. The van der Waals surface area contributed by atoms with Gasteiger partial charge in [-0.1, -0.05) is 21.5 Å². The lowest BCUT2D eigenvalue weighted by molar-refractivity contribution is -0.131. The van der Waals surface area contributed by atoms with Crippen molar-refractivity contribution in [1.29, 1.82) is 0 Å². The number of allylic oxidation sites excluding steroid dienone is 1. The first kappa shape index (κ1) is 14.1. The van der Waals surface area contributed by atoms with Crippen LogP contribution < -0.4 is 5.32 Å². The molecule has 0 radical (unpaired) electrons. The van der Waals surface area contributed by atoms with E-state index in [-0.39, 0.29) is 0 Å². The van der Waals surface area contributed by atoms with Crippen LogP contribution in [0.1, 0.15) is 31.2 Å². The number of carbonyl (C=O) groups is 1. The number of benzene rings is 1. The van der Waals surface area contributed by atoms with Gasteiger partial charge < -0.3 is 10.4 Å². The van der Waals surface area contributed by atoms with Gasteiger partial charge in [0.05, 0.1) is 0 Å². The highest BCUT2D eigenvalue weighted by Gasteiger charge is 2.17. The minimum atomic E-state index is -0.829. The van der Waals surface area contributed by atoms with Gasteiger partial charge in [0.2, 0.25) is 0 Å². The Morgan fingerprint density at radius 3 is 2.68 bits per heavy atom. The van der Waals surface area contributed by atoms with Gasteiger partial charge in [0.15, 0.2) is 0 Å². The predicted molar refractivity (Wildman–Crippen MR) is 80.5 cm³/mol. The molecule has 4 heteroatoms. The lowest BCUT2D eigenvalue weighted by atomic mass is 9.90. The molecule has 0 unspecified atom stereocenters. The number of aliphatic carboxylic acids is 1. The van der Waals surface area contributed by atoms with Gasteiger partial charge in [-0.25, -0.2) is 4.79 Å². The zero-order chi connectivity index (χ0) is 13.8. The molecule has 0 heterocycles. The molecule has 0 amide bonds. The number of carboxylic acid groups (broad SMARTS) is 1. The number of halogens is 1. The summed E-state index contributed by atoms with van der Waals surface area (Å²) in [7, 11) is 0. The number of rotatable bonds is 3. The molecule has 19 heavy (non-hydrogen) atoms. The minimum Gasteiger partial charge on any atom is -0.478 e. The number of hydrogen-bond acceptors (Lipinski definition) is 2. The summed E-state index contributed by atoms with van der Waals surface area (Å²) < 4.78 is 1.09. The number of anilines is 1. The second-order valence-corrected chi connectivity index (χ2v) is 5.93. The van der Waals surface area contributed by atoms with E-state index in [4.69, 9.17) is 5.11 Å². The van der Waals surface area contributed by atoms with Crippen molar-refractivity contribution in [1.82, 2.24) is 0 Å². The molecule has 2 rings (SSSR count). The van der Waals surface area contributed by atoms with Crippen LogP contribution in [0.2, 0.25) is 0 Å². The van der Waals surface area contributed by atoms with E-state index >= 15 is 0 Å². The maximum atomic E-state index is 10.6. The van der Waals surface area contributed by atoms with E-state index in [1.165, 1.54) is 17.3 Å². The summed E-state index contributed by atoms with van der Waals surface area (Å²) in [6.07, 6.45) is 5.10. The first-order chi connectivity index (χ1) is 9.04. The van der Waals surface area contributed by atoms with Crippen molar-refractivity contribution in [3.05, 3.63) is 39.9 Å². The van der Waals surface area contributed by atoms with E-state index in [2.05, 4.69) is 40.3 Å². The molecule has 2 N–H and O–H groups in total. The van der Waals surface area contributed by atoms with Crippen LogP contribution in [0, 0.1) is 6.92 Å². The van der Waals surface area contributed by atoms with Gasteiger partial charge in [0.25, 0.3) is 0 Å². The molecule has 1 fully saturated rings. The highest BCUT2D eigenvalue weighted by molar-refractivity contribution is 9.10. The molecule has 0 atom stereocenters. The zero-order valence-electron chi connectivity index (χ0n) is 10.9. The molecule has 0 aliphatic heterocycles. The first-order valence-corrected chi connectivity index (χ1v) is 7.29. The van der Waals surface area contributed by atoms with Crippen molar-refractivity contribution in [2.24, 2.45) is 0 Å². The molecule has 1 aromatic carbocycles. The van der Waals surface area contributed by atoms with Crippen LogP contribution in [0.3, 0.4) is 0 Å². The SMILES string of the molecule is Cc1cc(Br)ccc1NC1CCC(=CC(=O)O)CC1. The summed E-state index contributed by atoms with van der Waals surface area (Å²) in [6, 6.07) is 6.66. The molecule has 0 spiro atoms. The third-order valence-corrected chi connectivity index (χ3v) is 4.00. The maximum absolute atomic E-state index is 10.6. The molecular formula is C15H18BrNO2. The summed E-state index contributed by atoms with van der Waals surface area (Å²) >= 11 is 3.46. The Kier molecular flexibility index (Phi) is 4.64. The normalized spacial score (nSPS) is 19.1. The van der Waals surface area contributed by atoms with Crippen molar-refractivity contribution < 1.29 is 9.90 Å². The first-order valence-electron chi connectivity index (χ1n) is 6.49. The van der Waals surface area contributed by atoms with Crippen LogP contribution in [0.25, 0.3) is 0 Å². The summed E-state index contributed by atoms with van der Waals surface area (Å²) in [5.74, 6) is -0.829. The monoisotopic (exact) mass is 323 g/mol. The molecule has 1 aliphatic carbocycles. The van der Waals surface area contributed by atoms with Gasteiger partial charge in [-0.3, -0.25) is 0 Å². The van der Waals surface area contributed by atoms with Gasteiger partial charge in [-0.2, -0.15) is 0 Å². The lowest BCUT2D eigenvalue weighted by Crippen LogP contribution is -2.23. The average molecular weight is 324 g/mol. The molecule has 1 aliphatic rings. The summed E-state index contributed by atoms with van der Waals surface area (Å²) in [5.41, 5.74) is 3.44. The lowest BCUT2D eigenvalue weighted by Gasteiger charge is -2.26. The molecular weight excluding hydrogens is 306 g/mol. The van der Waals surface area contributed by atoms with Crippen LogP contribution in [0.15, 0.2) is 34.3 Å². The second-order valence-electron chi connectivity index (χ2n) is 5.02. The predicted octanol–water partition coefficient (Wildman–Crippen LogP) is 4.12. The van der Waals surface area contributed by atoms with Crippen molar-refractivity contribution in [2.75, 3.05) is 5.32 Å². The number of carboxylic acids is 1. The van der Waals surface area contributed by atoms with E-state index in [1.54, 1.807) is 0 Å². The van der Waals surface area contributed by atoms with Crippen LogP contribution >= 0.6 is 15.9 Å². The fourth-order valence-electron chi connectivity index (χ4n) is 2.46. The Bertz CT molecular complexity index is 501. The van der Waals surface area contributed by atoms with E-state index in [0.717, 1.165) is 35.7 Å². The van der Waals surface area contributed by atoms with Gasteiger partial charge in [0.1, 0.15) is 0 Å².